The molecule has 4 aromatic rings. The molecular formula is C31H38N4O4S2Si. The number of hydrogen-bond acceptors (Lipinski definition) is 9. The summed E-state index contributed by atoms with van der Waals surface area (Å²) in [6.45, 7) is 15.0. The van der Waals surface area contributed by atoms with Gasteiger partial charge in [-0.25, -0.2) is 14.8 Å². The molecule has 222 valence electrons. The van der Waals surface area contributed by atoms with Crippen LogP contribution in [0.5, 0.6) is 0 Å². The van der Waals surface area contributed by atoms with Crippen LogP contribution in [-0.4, -0.2) is 49.9 Å². The van der Waals surface area contributed by atoms with Crippen LogP contribution in [0, 0.1) is 0 Å². The molecular weight excluding hydrogens is 585 g/mol. The average Bonchev–Trinajstić information content (AvgIpc) is 3.56. The minimum atomic E-state index is -1.92. The number of amides is 1. The maximum absolute atomic E-state index is 13.4. The second-order valence-corrected chi connectivity index (χ2v) is 18.8. The monoisotopic (exact) mass is 622 g/mol. The van der Waals surface area contributed by atoms with Crippen molar-refractivity contribution in [2.24, 2.45) is 0 Å². The summed E-state index contributed by atoms with van der Waals surface area (Å²) in [7, 11) is -1.92. The Balaban J connectivity index is 1.36. The molecule has 0 unspecified atom stereocenters. The maximum Gasteiger partial charge on any atom is 0.358 e. The second-order valence-electron chi connectivity index (χ2n) is 11.9. The number of fused-ring (bicyclic) bond motifs is 2. The van der Waals surface area contributed by atoms with E-state index >= 15 is 0 Å². The molecule has 0 spiro atoms. The normalized spacial score (nSPS) is 13.7. The number of esters is 1. The predicted molar refractivity (Wildman–Crippen MR) is 174 cm³/mol. The first-order valence-corrected chi connectivity index (χ1v) is 18.8. The van der Waals surface area contributed by atoms with Gasteiger partial charge in [-0.05, 0) is 60.8 Å². The van der Waals surface area contributed by atoms with Crippen LogP contribution in [0.3, 0.4) is 0 Å². The highest BCUT2D eigenvalue weighted by atomic mass is 32.1. The Morgan fingerprint density at radius 1 is 1.07 bits per heavy atom. The molecule has 2 aromatic carbocycles. The third-order valence-electron chi connectivity index (χ3n) is 8.06. The lowest BCUT2D eigenvalue weighted by molar-refractivity contribution is 0.0519. The van der Waals surface area contributed by atoms with Crippen molar-refractivity contribution in [3.05, 3.63) is 69.7 Å². The van der Waals surface area contributed by atoms with E-state index < -0.39 is 14.3 Å². The van der Waals surface area contributed by atoms with Crippen LogP contribution < -0.4 is 10.2 Å². The van der Waals surface area contributed by atoms with Crippen molar-refractivity contribution in [2.75, 3.05) is 30.0 Å². The molecule has 8 nitrogen and oxygen atoms in total. The minimum Gasteiger partial charge on any atom is -0.461 e. The highest BCUT2D eigenvalue weighted by Gasteiger charge is 2.37. The molecule has 0 atom stereocenters. The molecule has 0 saturated heterocycles. The van der Waals surface area contributed by atoms with Gasteiger partial charge >= 0.3 is 5.97 Å². The van der Waals surface area contributed by atoms with Crippen molar-refractivity contribution in [2.45, 2.75) is 65.2 Å². The molecule has 0 fully saturated rings. The summed E-state index contributed by atoms with van der Waals surface area (Å²) in [5.41, 5.74) is 3.97. The molecule has 1 aliphatic heterocycles. The SMILES string of the molecule is CCOC(=O)c1nc(N2CCc3cccc(C(=O)Nc4nc5ccccc5s4)c3C2)sc1CCO[Si](C)(C)C(C)(C)C. The third-order valence-corrected chi connectivity index (χ3v) is 14.7. The number of hydrogen-bond donors (Lipinski definition) is 1. The Bertz CT molecular complexity index is 1570. The number of carbonyl (C=O) groups excluding carboxylic acids is 2. The number of aromatic nitrogens is 2. The van der Waals surface area contributed by atoms with E-state index in [9.17, 15) is 9.59 Å². The van der Waals surface area contributed by atoms with E-state index in [-0.39, 0.29) is 17.6 Å². The summed E-state index contributed by atoms with van der Waals surface area (Å²) in [5.74, 6) is -0.585. The predicted octanol–water partition coefficient (Wildman–Crippen LogP) is 7.31. The number of thiazole rings is 2. The summed E-state index contributed by atoms with van der Waals surface area (Å²) in [6, 6.07) is 13.7. The number of carbonyl (C=O) groups is 2. The molecule has 1 amide bonds. The molecule has 3 heterocycles. The van der Waals surface area contributed by atoms with Crippen molar-refractivity contribution in [1.29, 1.82) is 0 Å². The minimum absolute atomic E-state index is 0.105. The lowest BCUT2D eigenvalue weighted by Gasteiger charge is -2.36. The van der Waals surface area contributed by atoms with Crippen LogP contribution in [0.2, 0.25) is 18.1 Å². The van der Waals surface area contributed by atoms with E-state index in [1.165, 1.54) is 22.7 Å². The molecule has 1 aliphatic rings. The molecule has 0 radical (unpaired) electrons. The maximum atomic E-state index is 13.4. The van der Waals surface area contributed by atoms with E-state index in [1.807, 2.05) is 36.4 Å². The first-order valence-electron chi connectivity index (χ1n) is 14.3. The molecule has 5 rings (SSSR count). The fourth-order valence-corrected chi connectivity index (χ4v) is 7.62. The van der Waals surface area contributed by atoms with Crippen LogP contribution in [0.15, 0.2) is 42.5 Å². The Kier molecular flexibility index (Phi) is 8.84. The average molecular weight is 623 g/mol. The van der Waals surface area contributed by atoms with Crippen LogP contribution in [0.25, 0.3) is 10.2 Å². The van der Waals surface area contributed by atoms with Gasteiger partial charge in [0.15, 0.2) is 24.3 Å². The largest absolute Gasteiger partial charge is 0.461 e. The lowest BCUT2D eigenvalue weighted by atomic mass is 9.94. The lowest BCUT2D eigenvalue weighted by Crippen LogP contribution is -2.41. The van der Waals surface area contributed by atoms with Gasteiger partial charge in [0.1, 0.15) is 0 Å². The molecule has 42 heavy (non-hydrogen) atoms. The molecule has 0 bridgehead atoms. The number of benzene rings is 2. The number of anilines is 2. The van der Waals surface area contributed by atoms with E-state index in [4.69, 9.17) is 14.1 Å². The quantitative estimate of drug-likeness (QED) is 0.155. The fraction of sp³-hybridized carbons (Fsp3) is 0.419. The number of nitrogens with zero attached hydrogens (tertiary/aromatic N) is 3. The van der Waals surface area contributed by atoms with Crippen molar-refractivity contribution in [3.63, 3.8) is 0 Å². The van der Waals surface area contributed by atoms with Gasteiger partial charge in [-0.15, -0.1) is 11.3 Å². The summed E-state index contributed by atoms with van der Waals surface area (Å²) >= 11 is 2.97. The number of rotatable bonds is 9. The van der Waals surface area contributed by atoms with Crippen molar-refractivity contribution < 1.29 is 18.8 Å². The standard InChI is InChI=1S/C31H38N4O4S2Si/c1-7-38-28(37)26-25(16-18-39-42(5,6)31(2,3)4)41-30(33-26)35-17-15-20-11-10-12-21(22(20)19-35)27(36)34-29-32-23-13-8-9-14-24(23)40-29/h8-14H,7,15-19H2,1-6H3,(H,32,34,36). The first kappa shape index (κ1) is 30.3. The molecule has 11 heteroatoms. The van der Waals surface area contributed by atoms with E-state index in [1.54, 1.807) is 6.92 Å². The van der Waals surface area contributed by atoms with Gasteiger partial charge < -0.3 is 14.1 Å². The molecule has 0 aliphatic carbocycles. The highest BCUT2D eigenvalue weighted by molar-refractivity contribution is 7.22. The van der Waals surface area contributed by atoms with Gasteiger partial charge in [-0.2, -0.15) is 0 Å². The fourth-order valence-electron chi connectivity index (χ4n) is 4.67. The van der Waals surface area contributed by atoms with Crippen LogP contribution >= 0.6 is 22.7 Å². The van der Waals surface area contributed by atoms with Crippen molar-refractivity contribution in [3.8, 4) is 0 Å². The molecule has 2 aromatic heterocycles. The number of ether oxygens (including phenoxy) is 1. The number of para-hydroxylation sites is 1. The second kappa shape index (κ2) is 12.2. The van der Waals surface area contributed by atoms with Crippen LogP contribution in [-0.2, 0) is 28.5 Å². The van der Waals surface area contributed by atoms with Crippen LogP contribution in [0.1, 0.15) is 64.5 Å². The smallest absolute Gasteiger partial charge is 0.358 e. The summed E-state index contributed by atoms with van der Waals surface area (Å²) in [4.78, 5) is 38.7. The first-order chi connectivity index (χ1) is 20.0. The summed E-state index contributed by atoms with van der Waals surface area (Å²) in [5, 5.41) is 4.45. The van der Waals surface area contributed by atoms with Crippen molar-refractivity contribution >= 4 is 63.3 Å². The van der Waals surface area contributed by atoms with E-state index in [0.717, 1.165) is 44.3 Å². The zero-order valence-electron chi connectivity index (χ0n) is 25.1. The van der Waals surface area contributed by atoms with Gasteiger partial charge in [0.05, 0.1) is 16.8 Å². The number of nitrogens with one attached hydrogen (secondary N) is 1. The van der Waals surface area contributed by atoms with Gasteiger partial charge in [0.25, 0.3) is 5.91 Å². The van der Waals surface area contributed by atoms with Gasteiger partial charge in [0, 0.05) is 36.6 Å². The Hall–Kier alpha value is -3.12. The van der Waals surface area contributed by atoms with Crippen LogP contribution in [0.4, 0.5) is 10.3 Å². The highest BCUT2D eigenvalue weighted by Crippen LogP contribution is 2.37. The molecule has 0 saturated carbocycles. The summed E-state index contributed by atoms with van der Waals surface area (Å²) < 4.78 is 12.8. The zero-order valence-corrected chi connectivity index (χ0v) is 27.7. The third kappa shape index (κ3) is 6.44. The zero-order chi connectivity index (χ0) is 30.1. The summed E-state index contributed by atoms with van der Waals surface area (Å²) in [6.07, 6.45) is 1.37. The molecule has 1 N–H and O–H groups in total. The van der Waals surface area contributed by atoms with Crippen molar-refractivity contribution in [1.82, 2.24) is 9.97 Å². The van der Waals surface area contributed by atoms with E-state index in [2.05, 4.69) is 55.1 Å². The van der Waals surface area contributed by atoms with Gasteiger partial charge in [-0.1, -0.05) is 56.4 Å². The Morgan fingerprint density at radius 3 is 2.60 bits per heavy atom. The Labute approximate surface area is 256 Å². The topological polar surface area (TPSA) is 93.7 Å². The van der Waals surface area contributed by atoms with Gasteiger partial charge in [-0.3, -0.25) is 10.1 Å². The van der Waals surface area contributed by atoms with E-state index in [0.29, 0.717) is 36.0 Å². The Morgan fingerprint density at radius 2 is 1.86 bits per heavy atom. The van der Waals surface area contributed by atoms with Gasteiger partial charge in [0.2, 0.25) is 0 Å².